The van der Waals surface area contributed by atoms with Crippen LogP contribution < -0.4 is 16.0 Å². The van der Waals surface area contributed by atoms with Crippen LogP contribution in [0.4, 0.5) is 5.82 Å². The standard InChI is InChI=1S/C14H22N4O/c1-3-10-9-18(11(4-2)8-17-10)14-12(13(15)19)6-5-7-16-14/h5-7,10-11,17H,3-4,8-9H2,1-2H3,(H2,15,19). The van der Waals surface area contributed by atoms with E-state index >= 15 is 0 Å². The molecule has 19 heavy (non-hydrogen) atoms. The van der Waals surface area contributed by atoms with Crippen LogP contribution in [0.5, 0.6) is 0 Å². The lowest BCUT2D eigenvalue weighted by Crippen LogP contribution is -2.56. The number of rotatable bonds is 4. The number of carbonyl (C=O) groups excluding carboxylic acids is 1. The molecule has 1 amide bonds. The second kappa shape index (κ2) is 6.02. The summed E-state index contributed by atoms with van der Waals surface area (Å²) in [6, 6.07) is 4.30. The highest BCUT2D eigenvalue weighted by atomic mass is 16.1. The van der Waals surface area contributed by atoms with Crippen LogP contribution in [0.2, 0.25) is 0 Å². The fraction of sp³-hybridized carbons (Fsp3) is 0.571. The van der Waals surface area contributed by atoms with E-state index in [2.05, 4.69) is 29.0 Å². The van der Waals surface area contributed by atoms with Gasteiger partial charge in [-0.1, -0.05) is 13.8 Å². The maximum atomic E-state index is 11.6. The lowest BCUT2D eigenvalue weighted by molar-refractivity contribution is 0.1000. The monoisotopic (exact) mass is 262 g/mol. The summed E-state index contributed by atoms with van der Waals surface area (Å²) in [5.74, 6) is 0.311. The summed E-state index contributed by atoms with van der Waals surface area (Å²) < 4.78 is 0. The molecule has 0 aromatic carbocycles. The van der Waals surface area contributed by atoms with Crippen molar-refractivity contribution in [1.82, 2.24) is 10.3 Å². The molecule has 2 heterocycles. The minimum Gasteiger partial charge on any atom is -0.365 e. The van der Waals surface area contributed by atoms with Crippen molar-refractivity contribution in [3.8, 4) is 0 Å². The zero-order chi connectivity index (χ0) is 13.8. The molecule has 104 valence electrons. The van der Waals surface area contributed by atoms with Gasteiger partial charge in [0.2, 0.25) is 0 Å². The summed E-state index contributed by atoms with van der Waals surface area (Å²) in [6.45, 7) is 6.10. The first-order chi connectivity index (χ1) is 9.17. The molecule has 2 rings (SSSR count). The zero-order valence-electron chi connectivity index (χ0n) is 11.6. The van der Waals surface area contributed by atoms with Crippen LogP contribution in [0, 0.1) is 0 Å². The smallest absolute Gasteiger partial charge is 0.252 e. The van der Waals surface area contributed by atoms with Gasteiger partial charge in [-0.2, -0.15) is 0 Å². The van der Waals surface area contributed by atoms with Crippen LogP contribution in [0.15, 0.2) is 18.3 Å². The number of hydrogen-bond acceptors (Lipinski definition) is 4. The molecular formula is C14H22N4O. The number of aromatic nitrogens is 1. The second-order valence-electron chi connectivity index (χ2n) is 4.97. The highest BCUT2D eigenvalue weighted by Crippen LogP contribution is 2.23. The summed E-state index contributed by atoms with van der Waals surface area (Å²) in [7, 11) is 0. The van der Waals surface area contributed by atoms with Crippen molar-refractivity contribution in [2.24, 2.45) is 5.73 Å². The predicted octanol–water partition coefficient (Wildman–Crippen LogP) is 1.15. The summed E-state index contributed by atoms with van der Waals surface area (Å²) in [5, 5.41) is 3.53. The minimum atomic E-state index is -0.412. The number of amides is 1. The molecule has 1 saturated heterocycles. The number of nitrogens with zero attached hydrogens (tertiary/aromatic N) is 2. The average Bonchev–Trinajstić information content (AvgIpc) is 2.46. The highest BCUT2D eigenvalue weighted by molar-refractivity contribution is 5.97. The molecule has 3 N–H and O–H groups in total. The van der Waals surface area contributed by atoms with Crippen molar-refractivity contribution >= 4 is 11.7 Å². The van der Waals surface area contributed by atoms with E-state index < -0.39 is 5.91 Å². The van der Waals surface area contributed by atoms with Gasteiger partial charge in [0.05, 0.1) is 5.56 Å². The summed E-state index contributed by atoms with van der Waals surface area (Å²) in [5.41, 5.74) is 5.97. The number of nitrogens with one attached hydrogen (secondary N) is 1. The van der Waals surface area contributed by atoms with Crippen molar-refractivity contribution in [1.29, 1.82) is 0 Å². The number of primary amides is 1. The van der Waals surface area contributed by atoms with Gasteiger partial charge in [-0.3, -0.25) is 4.79 Å². The maximum Gasteiger partial charge on any atom is 0.252 e. The zero-order valence-corrected chi connectivity index (χ0v) is 11.6. The van der Waals surface area contributed by atoms with Gasteiger partial charge < -0.3 is 16.0 Å². The number of piperazine rings is 1. The highest BCUT2D eigenvalue weighted by Gasteiger charge is 2.29. The van der Waals surface area contributed by atoms with E-state index in [-0.39, 0.29) is 0 Å². The van der Waals surface area contributed by atoms with E-state index in [4.69, 9.17) is 5.73 Å². The van der Waals surface area contributed by atoms with Crippen molar-refractivity contribution < 1.29 is 4.79 Å². The molecular weight excluding hydrogens is 240 g/mol. The quantitative estimate of drug-likeness (QED) is 0.854. The van der Waals surface area contributed by atoms with E-state index in [9.17, 15) is 4.79 Å². The van der Waals surface area contributed by atoms with Crippen molar-refractivity contribution in [3.05, 3.63) is 23.9 Å². The van der Waals surface area contributed by atoms with E-state index in [1.165, 1.54) is 0 Å². The summed E-state index contributed by atoms with van der Waals surface area (Å²) in [6.07, 6.45) is 3.79. The van der Waals surface area contributed by atoms with Gasteiger partial charge >= 0.3 is 0 Å². The average molecular weight is 262 g/mol. The normalized spacial score (nSPS) is 23.4. The van der Waals surface area contributed by atoms with E-state index in [0.717, 1.165) is 31.7 Å². The van der Waals surface area contributed by atoms with Gasteiger partial charge in [-0.15, -0.1) is 0 Å². The molecule has 1 aliphatic rings. The molecule has 2 unspecified atom stereocenters. The summed E-state index contributed by atoms with van der Waals surface area (Å²) in [4.78, 5) is 18.2. The largest absolute Gasteiger partial charge is 0.365 e. The lowest BCUT2D eigenvalue weighted by atomic mass is 10.0. The fourth-order valence-corrected chi connectivity index (χ4v) is 2.58. The van der Waals surface area contributed by atoms with E-state index in [1.807, 2.05) is 0 Å². The van der Waals surface area contributed by atoms with Crippen molar-refractivity contribution in [2.45, 2.75) is 38.8 Å². The van der Waals surface area contributed by atoms with Crippen LogP contribution in [-0.4, -0.2) is 36.1 Å². The second-order valence-corrected chi connectivity index (χ2v) is 4.97. The van der Waals surface area contributed by atoms with E-state index in [0.29, 0.717) is 17.6 Å². The lowest BCUT2D eigenvalue weighted by Gasteiger charge is -2.41. The summed E-state index contributed by atoms with van der Waals surface area (Å²) >= 11 is 0. The third-order valence-corrected chi connectivity index (χ3v) is 3.79. The van der Waals surface area contributed by atoms with Crippen LogP contribution in [-0.2, 0) is 0 Å². The molecule has 0 bridgehead atoms. The Labute approximate surface area is 114 Å². The Morgan fingerprint density at radius 2 is 2.32 bits per heavy atom. The van der Waals surface area contributed by atoms with Crippen molar-refractivity contribution in [3.63, 3.8) is 0 Å². The molecule has 0 radical (unpaired) electrons. The van der Waals surface area contributed by atoms with Gasteiger partial charge in [-0.05, 0) is 25.0 Å². The molecule has 5 heteroatoms. The third-order valence-electron chi connectivity index (χ3n) is 3.79. The van der Waals surface area contributed by atoms with Crippen molar-refractivity contribution in [2.75, 3.05) is 18.0 Å². The molecule has 0 saturated carbocycles. The first-order valence-electron chi connectivity index (χ1n) is 6.92. The van der Waals surface area contributed by atoms with E-state index in [1.54, 1.807) is 18.3 Å². The van der Waals surface area contributed by atoms with Gasteiger partial charge in [0.1, 0.15) is 5.82 Å². The number of hydrogen-bond donors (Lipinski definition) is 2. The van der Waals surface area contributed by atoms with Gasteiger partial charge in [0.15, 0.2) is 0 Å². The molecule has 1 aromatic rings. The number of carbonyl (C=O) groups is 1. The first-order valence-corrected chi connectivity index (χ1v) is 6.92. The molecule has 2 atom stereocenters. The molecule has 5 nitrogen and oxygen atoms in total. The first kappa shape index (κ1) is 13.8. The Morgan fingerprint density at radius 1 is 1.53 bits per heavy atom. The van der Waals surface area contributed by atoms with Crippen LogP contribution in [0.25, 0.3) is 0 Å². The Morgan fingerprint density at radius 3 is 2.95 bits per heavy atom. The Kier molecular flexibility index (Phi) is 4.37. The maximum absolute atomic E-state index is 11.6. The number of nitrogens with two attached hydrogens (primary N) is 1. The fourth-order valence-electron chi connectivity index (χ4n) is 2.58. The third kappa shape index (κ3) is 2.87. The number of anilines is 1. The van der Waals surface area contributed by atoms with Gasteiger partial charge in [0, 0.05) is 31.4 Å². The van der Waals surface area contributed by atoms with Gasteiger partial charge in [-0.25, -0.2) is 4.98 Å². The van der Waals surface area contributed by atoms with Crippen LogP contribution >= 0.6 is 0 Å². The number of pyridine rings is 1. The Balaban J connectivity index is 2.33. The van der Waals surface area contributed by atoms with Crippen LogP contribution in [0.1, 0.15) is 37.0 Å². The minimum absolute atomic E-state index is 0.357. The van der Waals surface area contributed by atoms with Crippen LogP contribution in [0.3, 0.4) is 0 Å². The predicted molar refractivity (Wildman–Crippen MR) is 76.3 cm³/mol. The Hall–Kier alpha value is -1.62. The Bertz CT molecular complexity index is 449. The SMILES string of the molecule is CCC1CN(c2ncccc2C(N)=O)C(CC)CN1. The molecule has 0 spiro atoms. The topological polar surface area (TPSA) is 71.2 Å². The molecule has 1 fully saturated rings. The van der Waals surface area contributed by atoms with Gasteiger partial charge in [0.25, 0.3) is 5.91 Å². The molecule has 0 aliphatic carbocycles. The molecule has 1 aromatic heterocycles. The molecule has 1 aliphatic heterocycles.